The van der Waals surface area contributed by atoms with Gasteiger partial charge in [0.05, 0.1) is 5.38 Å². The van der Waals surface area contributed by atoms with Gasteiger partial charge in [0.2, 0.25) is 0 Å². The number of carbonyl (C=O) groups excluding carboxylic acids is 2. The van der Waals surface area contributed by atoms with Gasteiger partial charge >= 0.3 is 5.97 Å². The molecule has 0 N–H and O–H groups in total. The highest BCUT2D eigenvalue weighted by Crippen LogP contribution is 2.63. The maximum absolute atomic E-state index is 12.4. The van der Waals surface area contributed by atoms with Crippen LogP contribution in [0.1, 0.15) is 46.5 Å². The van der Waals surface area contributed by atoms with E-state index in [9.17, 15) is 9.59 Å². The molecule has 2 aliphatic heterocycles. The molecule has 0 amide bonds. The lowest BCUT2D eigenvalue weighted by atomic mass is 9.51. The summed E-state index contributed by atoms with van der Waals surface area (Å²) >= 11 is 6.51. The van der Waals surface area contributed by atoms with Crippen LogP contribution in [0.25, 0.3) is 0 Å². The molecular weight excluding hydrogens is 264 g/mol. The molecule has 3 atom stereocenters. The van der Waals surface area contributed by atoms with Gasteiger partial charge in [-0.25, -0.2) is 4.79 Å². The van der Waals surface area contributed by atoms with Crippen molar-refractivity contribution in [2.24, 2.45) is 10.8 Å². The Kier molecular flexibility index (Phi) is 2.52. The normalized spacial score (nSPS) is 44.2. The van der Waals surface area contributed by atoms with E-state index in [2.05, 4.69) is 13.8 Å². The Labute approximate surface area is 118 Å². The molecule has 4 aliphatic rings. The van der Waals surface area contributed by atoms with Gasteiger partial charge in [-0.3, -0.25) is 4.79 Å². The molecule has 2 saturated heterocycles. The Bertz CT molecular complexity index is 508. The van der Waals surface area contributed by atoms with Crippen molar-refractivity contribution < 1.29 is 14.3 Å². The first-order valence-corrected chi connectivity index (χ1v) is 7.26. The third kappa shape index (κ3) is 1.57. The minimum Gasteiger partial charge on any atom is -0.454 e. The molecule has 0 unspecified atom stereocenters. The predicted octanol–water partition coefficient (Wildman–Crippen LogP) is 3.01. The molecular formula is C15H19ClO3. The van der Waals surface area contributed by atoms with Crippen LogP contribution in [0.5, 0.6) is 0 Å². The SMILES string of the molecule is CC1(C)CC(=O)C=C2C(=O)O[C@]3(C)CC[C@@]21C[C@@H]3Cl. The van der Waals surface area contributed by atoms with E-state index in [4.69, 9.17) is 16.3 Å². The zero-order chi connectivity index (χ0) is 14.1. The van der Waals surface area contributed by atoms with Crippen molar-refractivity contribution in [2.45, 2.75) is 57.4 Å². The largest absolute Gasteiger partial charge is 0.454 e. The Balaban J connectivity index is 2.22. The van der Waals surface area contributed by atoms with E-state index in [0.29, 0.717) is 18.4 Å². The number of ether oxygens (including phenoxy) is 1. The second-order valence-corrected chi connectivity index (χ2v) is 7.57. The molecule has 2 aliphatic carbocycles. The summed E-state index contributed by atoms with van der Waals surface area (Å²) in [4.78, 5) is 24.3. The molecule has 0 aromatic carbocycles. The van der Waals surface area contributed by atoms with Crippen molar-refractivity contribution in [3.63, 3.8) is 0 Å². The molecule has 2 bridgehead atoms. The van der Waals surface area contributed by atoms with Crippen molar-refractivity contribution in [3.05, 3.63) is 11.6 Å². The van der Waals surface area contributed by atoms with Crippen molar-refractivity contribution in [1.29, 1.82) is 0 Å². The van der Waals surface area contributed by atoms with Gasteiger partial charge in [0.15, 0.2) is 5.78 Å². The summed E-state index contributed by atoms with van der Waals surface area (Å²) in [5.74, 6) is -0.325. The van der Waals surface area contributed by atoms with E-state index in [0.717, 1.165) is 12.8 Å². The van der Waals surface area contributed by atoms with Crippen molar-refractivity contribution in [3.8, 4) is 0 Å². The van der Waals surface area contributed by atoms with Gasteiger partial charge in [-0.2, -0.15) is 0 Å². The molecule has 3 nitrogen and oxygen atoms in total. The van der Waals surface area contributed by atoms with Crippen LogP contribution in [0.3, 0.4) is 0 Å². The second-order valence-electron chi connectivity index (χ2n) is 7.04. The fourth-order valence-electron chi connectivity index (χ4n) is 4.06. The number of allylic oxidation sites excluding steroid dienone is 1. The maximum Gasteiger partial charge on any atom is 0.335 e. The van der Waals surface area contributed by atoms with E-state index >= 15 is 0 Å². The van der Waals surface area contributed by atoms with Crippen LogP contribution in [0, 0.1) is 10.8 Å². The number of fused-ring (bicyclic) bond motifs is 3. The Morgan fingerprint density at radius 2 is 1.95 bits per heavy atom. The highest BCUT2D eigenvalue weighted by Gasteiger charge is 2.62. The highest BCUT2D eigenvalue weighted by molar-refractivity contribution is 6.22. The first kappa shape index (κ1) is 13.2. The predicted molar refractivity (Wildman–Crippen MR) is 71.9 cm³/mol. The number of hydrogen-bond donors (Lipinski definition) is 0. The summed E-state index contributed by atoms with van der Waals surface area (Å²) in [5, 5.41) is -0.191. The molecule has 104 valence electrons. The van der Waals surface area contributed by atoms with Gasteiger partial charge in [0, 0.05) is 17.4 Å². The summed E-state index contributed by atoms with van der Waals surface area (Å²) in [7, 11) is 0. The molecule has 19 heavy (non-hydrogen) atoms. The first-order chi connectivity index (χ1) is 8.70. The molecule has 0 aromatic rings. The lowest BCUT2D eigenvalue weighted by molar-refractivity contribution is -0.152. The van der Waals surface area contributed by atoms with Crippen molar-refractivity contribution in [2.75, 3.05) is 0 Å². The highest BCUT2D eigenvalue weighted by atomic mass is 35.5. The number of hydrogen-bond acceptors (Lipinski definition) is 3. The molecule has 4 rings (SSSR count). The fraction of sp³-hybridized carbons (Fsp3) is 0.733. The van der Waals surface area contributed by atoms with Crippen LogP contribution in [-0.2, 0) is 14.3 Å². The summed E-state index contributed by atoms with van der Waals surface area (Å²) in [5.41, 5.74) is -0.589. The molecule has 3 fully saturated rings. The number of esters is 1. The Morgan fingerprint density at radius 3 is 2.58 bits per heavy atom. The zero-order valence-electron chi connectivity index (χ0n) is 11.6. The van der Waals surface area contributed by atoms with Gasteiger partial charge in [-0.15, -0.1) is 11.6 Å². The van der Waals surface area contributed by atoms with Crippen LogP contribution in [0.2, 0.25) is 0 Å². The molecule has 1 spiro atoms. The minimum atomic E-state index is -0.596. The van der Waals surface area contributed by atoms with Crippen LogP contribution in [0.15, 0.2) is 11.6 Å². The van der Waals surface area contributed by atoms with E-state index in [1.807, 2.05) is 6.92 Å². The van der Waals surface area contributed by atoms with Gasteiger partial charge in [0.25, 0.3) is 0 Å². The lowest BCUT2D eigenvalue weighted by Gasteiger charge is -2.52. The molecule has 0 radical (unpaired) electrons. The van der Waals surface area contributed by atoms with Gasteiger partial charge in [-0.1, -0.05) is 13.8 Å². The van der Waals surface area contributed by atoms with E-state index in [1.165, 1.54) is 6.08 Å². The zero-order valence-corrected chi connectivity index (χ0v) is 12.3. The minimum absolute atomic E-state index is 0.0178. The standard InChI is InChI=1S/C15H19ClO3/c1-13(2)7-9(17)6-10-12(18)19-14(3)4-5-15(10,13)8-11(14)16/h6,11H,4-5,7-8H2,1-3H3/t11-,14+,15+/m0/s1. The van der Waals surface area contributed by atoms with Gasteiger partial charge in [0.1, 0.15) is 5.60 Å². The topological polar surface area (TPSA) is 43.4 Å². The lowest BCUT2D eigenvalue weighted by Crippen LogP contribution is -2.51. The molecule has 2 heterocycles. The number of halogens is 1. The average Bonchev–Trinajstić information content (AvgIpc) is 2.42. The number of rotatable bonds is 0. The van der Waals surface area contributed by atoms with Crippen molar-refractivity contribution >= 4 is 23.4 Å². The van der Waals surface area contributed by atoms with E-state index < -0.39 is 5.60 Å². The Morgan fingerprint density at radius 1 is 1.26 bits per heavy atom. The third-order valence-corrected chi connectivity index (χ3v) is 6.13. The van der Waals surface area contributed by atoms with E-state index in [-0.39, 0.29) is 28.0 Å². The molecule has 1 saturated carbocycles. The fourth-order valence-corrected chi connectivity index (χ4v) is 4.47. The molecule has 4 heteroatoms. The quantitative estimate of drug-likeness (QED) is 0.507. The van der Waals surface area contributed by atoms with Gasteiger partial charge < -0.3 is 4.74 Å². The monoisotopic (exact) mass is 282 g/mol. The summed E-state index contributed by atoms with van der Waals surface area (Å²) in [6, 6.07) is 0. The van der Waals surface area contributed by atoms with Crippen molar-refractivity contribution in [1.82, 2.24) is 0 Å². The van der Waals surface area contributed by atoms with Gasteiger partial charge in [-0.05, 0) is 37.7 Å². The second kappa shape index (κ2) is 3.63. The van der Waals surface area contributed by atoms with E-state index in [1.54, 1.807) is 0 Å². The number of carbonyl (C=O) groups is 2. The smallest absolute Gasteiger partial charge is 0.335 e. The molecule has 0 aromatic heterocycles. The van der Waals surface area contributed by atoms with Crippen LogP contribution in [-0.4, -0.2) is 22.7 Å². The van der Waals surface area contributed by atoms with Crippen LogP contribution < -0.4 is 0 Å². The number of ketones is 1. The summed E-state index contributed by atoms with van der Waals surface area (Å²) < 4.78 is 5.62. The summed E-state index contributed by atoms with van der Waals surface area (Å²) in [6.07, 6.45) is 4.33. The maximum atomic E-state index is 12.4. The Hall–Kier alpha value is -0.830. The number of alkyl halides is 1. The average molecular weight is 283 g/mol. The first-order valence-electron chi connectivity index (χ1n) is 6.83. The third-order valence-electron chi connectivity index (χ3n) is 5.52. The van der Waals surface area contributed by atoms with Crippen LogP contribution >= 0.6 is 11.6 Å². The summed E-state index contributed by atoms with van der Waals surface area (Å²) in [6.45, 7) is 6.05. The van der Waals surface area contributed by atoms with Crippen LogP contribution in [0.4, 0.5) is 0 Å².